The van der Waals surface area contributed by atoms with Crippen molar-refractivity contribution >= 4 is 123 Å². The normalized spacial score (nSPS) is 12.8. The summed E-state index contributed by atoms with van der Waals surface area (Å²) in [5.74, 6) is 0. The zero-order valence-electron chi connectivity index (χ0n) is 52.0. The van der Waals surface area contributed by atoms with Gasteiger partial charge in [0.1, 0.15) is 11.2 Å². The van der Waals surface area contributed by atoms with Gasteiger partial charge in [0.15, 0.2) is 0 Å². The maximum absolute atomic E-state index is 7.30. The number of unbranched alkanes of at least 4 members (excludes halogenated alkanes) is 1. The lowest BCUT2D eigenvalue weighted by Gasteiger charge is -2.46. The Bertz CT molecular complexity index is 5470. The molecule has 16 aromatic rings. The number of anilines is 6. The number of fused-ring (bicyclic) bond motifs is 13. The van der Waals surface area contributed by atoms with Gasteiger partial charge in [0.2, 0.25) is 0 Å². The number of furan rings is 1. The maximum atomic E-state index is 7.30. The molecule has 92 heavy (non-hydrogen) atoms. The van der Waals surface area contributed by atoms with Crippen LogP contribution in [0, 0.1) is 0 Å². The van der Waals surface area contributed by atoms with Crippen molar-refractivity contribution in [2.45, 2.75) is 52.4 Å². The van der Waals surface area contributed by atoms with Crippen LogP contribution in [0.1, 0.15) is 51.7 Å². The minimum absolute atomic E-state index is 0.204. The van der Waals surface area contributed by atoms with Crippen LogP contribution in [0.5, 0.6) is 0 Å². The lowest BCUT2D eigenvalue weighted by molar-refractivity contribution is 0.590. The molecule has 0 bridgehead atoms. The molecule has 438 valence electrons. The lowest BCUT2D eigenvalue weighted by atomic mass is 9.33. The first-order valence-electron chi connectivity index (χ1n) is 32.6. The average molecular weight is 1180 g/mol. The molecule has 0 amide bonds. The Hall–Kier alpha value is -11.1. The zero-order chi connectivity index (χ0) is 61.3. The van der Waals surface area contributed by atoms with E-state index in [4.69, 9.17) is 4.42 Å². The lowest BCUT2D eigenvalue weighted by Crippen LogP contribution is -2.61. The molecule has 0 saturated carbocycles. The van der Waals surface area contributed by atoms with Gasteiger partial charge in [0.25, 0.3) is 6.71 Å². The van der Waals surface area contributed by atoms with E-state index in [2.05, 4.69) is 332 Å². The summed E-state index contributed by atoms with van der Waals surface area (Å²) in [5.41, 5.74) is 28.5. The number of aromatic nitrogens is 2. The molecule has 3 aromatic heterocycles. The summed E-state index contributed by atoms with van der Waals surface area (Å²) in [6, 6.07) is 107. The van der Waals surface area contributed by atoms with Gasteiger partial charge in [-0.05, 0) is 130 Å². The molecule has 18 rings (SSSR count). The molecule has 6 heteroatoms. The highest BCUT2D eigenvalue weighted by atomic mass is 16.3. The predicted octanol–water partition coefficient (Wildman–Crippen LogP) is 21.5. The van der Waals surface area contributed by atoms with Crippen LogP contribution in [0.4, 0.5) is 34.1 Å². The summed E-state index contributed by atoms with van der Waals surface area (Å²) in [6.45, 7) is 9.27. The molecule has 0 radical (unpaired) electrons. The van der Waals surface area contributed by atoms with Crippen molar-refractivity contribution in [3.63, 3.8) is 0 Å². The van der Waals surface area contributed by atoms with E-state index in [-0.39, 0.29) is 12.1 Å². The first-order chi connectivity index (χ1) is 45.3. The standard InChI is InChI=1S/C86H65BN4O/c1-5-6-33-68-84(69(57-31-14-9-15-32-57)54-70-67-38-20-25-45-81(67)92-85(68)70)91-78-53-60(89-75-43-23-18-36-65(75)66-37-19-24-44-76(66)89)47-49-72(78)87-71-48-46-59(88-73-41-21-16-34-63(73)64-35-17-22-42-74(64)88)52-77(71)90(79-50-58(86(2,3)4)51-80(91)82(79)87)83-61(55-27-10-7-11-28-55)39-26-40-62(83)56-29-12-8-13-30-56/h7-32,34-54H,5-6,33H2,1-4H3. The number of aryl methyl sites for hydroxylation is 1. The summed E-state index contributed by atoms with van der Waals surface area (Å²) in [5, 5.41) is 7.20. The van der Waals surface area contributed by atoms with Crippen LogP contribution < -0.4 is 26.2 Å². The summed E-state index contributed by atoms with van der Waals surface area (Å²) >= 11 is 0. The van der Waals surface area contributed by atoms with Gasteiger partial charge >= 0.3 is 0 Å². The molecule has 13 aromatic carbocycles. The number of rotatable bonds is 10. The van der Waals surface area contributed by atoms with Gasteiger partial charge in [-0.3, -0.25) is 0 Å². The second-order valence-electron chi connectivity index (χ2n) is 26.1. The van der Waals surface area contributed by atoms with E-state index in [1.807, 2.05) is 0 Å². The Morgan fingerprint density at radius 1 is 0.370 bits per heavy atom. The van der Waals surface area contributed by atoms with Crippen LogP contribution in [-0.4, -0.2) is 15.8 Å². The SMILES string of the molecule is CCCCc1c(N2c3cc(-n4c5ccccc5c5ccccc54)ccc3B3c4ccc(-n5c6ccccc6c6ccccc65)cc4N(c4c(-c5ccccc5)cccc4-c4ccccc4)c4cc(C(C)(C)C)cc2c43)c(-c2ccccc2)cc2c1oc1ccccc12. The highest BCUT2D eigenvalue weighted by Gasteiger charge is 2.46. The van der Waals surface area contributed by atoms with Gasteiger partial charge in [0, 0.05) is 88.7 Å². The highest BCUT2D eigenvalue weighted by molar-refractivity contribution is 7.00. The number of benzene rings is 13. The van der Waals surface area contributed by atoms with Crippen molar-refractivity contribution in [3.8, 4) is 44.8 Å². The topological polar surface area (TPSA) is 29.5 Å². The van der Waals surface area contributed by atoms with Crippen LogP contribution in [0.15, 0.2) is 290 Å². The second kappa shape index (κ2) is 21.0. The van der Waals surface area contributed by atoms with Gasteiger partial charge in [-0.25, -0.2) is 0 Å². The predicted molar refractivity (Wildman–Crippen MR) is 390 cm³/mol. The highest BCUT2D eigenvalue weighted by Crippen LogP contribution is 2.55. The largest absolute Gasteiger partial charge is 0.456 e. The van der Waals surface area contributed by atoms with Gasteiger partial charge in [-0.1, -0.05) is 246 Å². The molecule has 0 fully saturated rings. The van der Waals surface area contributed by atoms with Crippen LogP contribution in [0.2, 0.25) is 0 Å². The molecular formula is C86H65BN4O. The van der Waals surface area contributed by atoms with Crippen molar-refractivity contribution in [3.05, 3.63) is 296 Å². The molecule has 5 nitrogen and oxygen atoms in total. The Labute approximate surface area is 536 Å². The zero-order valence-corrected chi connectivity index (χ0v) is 52.0. The van der Waals surface area contributed by atoms with E-state index in [1.54, 1.807) is 0 Å². The Morgan fingerprint density at radius 3 is 1.26 bits per heavy atom. The van der Waals surface area contributed by atoms with E-state index in [9.17, 15) is 0 Å². The van der Waals surface area contributed by atoms with Gasteiger partial charge in [-0.2, -0.15) is 0 Å². The molecule has 0 N–H and O–H groups in total. The van der Waals surface area contributed by atoms with E-state index in [1.165, 1.54) is 76.7 Å². The molecule has 2 aliphatic rings. The summed E-state index contributed by atoms with van der Waals surface area (Å²) in [7, 11) is 0. The molecule has 5 heterocycles. The van der Waals surface area contributed by atoms with E-state index < -0.39 is 0 Å². The number of nitrogens with zero attached hydrogens (tertiary/aromatic N) is 4. The Balaban J connectivity index is 1.03. The van der Waals surface area contributed by atoms with Gasteiger partial charge in [-0.15, -0.1) is 0 Å². The Kier molecular flexibility index (Phi) is 12.3. The Morgan fingerprint density at radius 2 is 0.793 bits per heavy atom. The smallest absolute Gasteiger partial charge is 0.252 e. The van der Waals surface area contributed by atoms with Crippen molar-refractivity contribution in [1.29, 1.82) is 0 Å². The van der Waals surface area contributed by atoms with E-state index in [0.29, 0.717) is 0 Å². The minimum atomic E-state index is -0.300. The third-order valence-corrected chi connectivity index (χ3v) is 19.8. The fourth-order valence-electron chi connectivity index (χ4n) is 15.6. The molecule has 0 saturated heterocycles. The fraction of sp³-hybridized carbons (Fsp3) is 0.0930. The maximum Gasteiger partial charge on any atom is 0.252 e. The van der Waals surface area contributed by atoms with Crippen LogP contribution in [0.3, 0.4) is 0 Å². The summed E-state index contributed by atoms with van der Waals surface area (Å²) in [4.78, 5) is 5.41. The number of hydrogen-bond donors (Lipinski definition) is 0. The van der Waals surface area contributed by atoms with Crippen LogP contribution >= 0.6 is 0 Å². The second-order valence-corrected chi connectivity index (χ2v) is 26.1. The average Bonchev–Trinajstić information content (AvgIpc) is 0.709. The van der Waals surface area contributed by atoms with Gasteiger partial charge < -0.3 is 23.4 Å². The third kappa shape index (κ3) is 8.19. The minimum Gasteiger partial charge on any atom is -0.456 e. The summed E-state index contributed by atoms with van der Waals surface area (Å²) < 4.78 is 12.3. The van der Waals surface area contributed by atoms with E-state index in [0.717, 1.165) is 115 Å². The molecule has 0 spiro atoms. The summed E-state index contributed by atoms with van der Waals surface area (Å²) in [6.07, 6.45) is 2.82. The van der Waals surface area contributed by atoms with Crippen molar-refractivity contribution < 1.29 is 4.42 Å². The monoisotopic (exact) mass is 1180 g/mol. The quantitative estimate of drug-likeness (QED) is 0.128. The molecule has 2 aliphatic heterocycles. The van der Waals surface area contributed by atoms with E-state index >= 15 is 0 Å². The van der Waals surface area contributed by atoms with Crippen LogP contribution in [-0.2, 0) is 11.8 Å². The van der Waals surface area contributed by atoms with Crippen LogP contribution in [0.25, 0.3) is 110 Å². The molecule has 0 aliphatic carbocycles. The number of hydrogen-bond acceptors (Lipinski definition) is 3. The first kappa shape index (κ1) is 53.9. The third-order valence-electron chi connectivity index (χ3n) is 19.8. The fourth-order valence-corrected chi connectivity index (χ4v) is 15.6. The number of para-hydroxylation sites is 6. The molecule has 0 unspecified atom stereocenters. The molecule has 0 atom stereocenters. The molecular weight excluding hydrogens is 1120 g/mol. The van der Waals surface area contributed by atoms with Crippen molar-refractivity contribution in [2.75, 3.05) is 9.80 Å². The first-order valence-corrected chi connectivity index (χ1v) is 32.6. The van der Waals surface area contributed by atoms with Gasteiger partial charge in [0.05, 0.1) is 33.4 Å². The van der Waals surface area contributed by atoms with Crippen molar-refractivity contribution in [1.82, 2.24) is 9.13 Å². The van der Waals surface area contributed by atoms with Crippen molar-refractivity contribution in [2.24, 2.45) is 0 Å².